The van der Waals surface area contributed by atoms with Gasteiger partial charge < -0.3 is 9.47 Å². The van der Waals surface area contributed by atoms with Crippen molar-refractivity contribution in [1.29, 1.82) is 0 Å². The molecule has 0 saturated carbocycles. The van der Waals surface area contributed by atoms with Crippen molar-refractivity contribution >= 4 is 10.8 Å². The van der Waals surface area contributed by atoms with Crippen molar-refractivity contribution in [3.05, 3.63) is 119 Å². The molecule has 0 N–H and O–H groups in total. The summed E-state index contributed by atoms with van der Waals surface area (Å²) in [5.74, 6) is -0.0216. The third kappa shape index (κ3) is 6.45. The summed E-state index contributed by atoms with van der Waals surface area (Å²) in [6.45, 7) is 1.03. The molecule has 0 aliphatic carbocycles. The van der Waals surface area contributed by atoms with E-state index in [4.69, 9.17) is 4.74 Å². The zero-order chi connectivity index (χ0) is 25.5. The van der Waals surface area contributed by atoms with Crippen molar-refractivity contribution < 1.29 is 27.0 Å². The first kappa shape index (κ1) is 25.3. The maximum atomic E-state index is 15.2. The fourth-order valence-corrected chi connectivity index (χ4v) is 4.11. The van der Waals surface area contributed by atoms with Crippen LogP contribution in [0.4, 0.5) is 17.6 Å². The van der Waals surface area contributed by atoms with Crippen LogP contribution >= 0.6 is 0 Å². The first-order valence-corrected chi connectivity index (χ1v) is 11.7. The van der Waals surface area contributed by atoms with Gasteiger partial charge in [-0.15, -0.1) is 0 Å². The fraction of sp³-hybridized carbons (Fsp3) is 0.200. The van der Waals surface area contributed by atoms with Gasteiger partial charge in [-0.05, 0) is 71.5 Å². The molecule has 6 heteroatoms. The van der Waals surface area contributed by atoms with Crippen LogP contribution in [-0.2, 0) is 25.7 Å². The van der Waals surface area contributed by atoms with E-state index in [0.29, 0.717) is 54.6 Å². The van der Waals surface area contributed by atoms with Gasteiger partial charge in [0, 0.05) is 11.5 Å². The van der Waals surface area contributed by atoms with E-state index in [2.05, 4.69) is 11.3 Å². The van der Waals surface area contributed by atoms with Gasteiger partial charge in [-0.2, -0.15) is 8.78 Å². The van der Waals surface area contributed by atoms with Crippen LogP contribution in [0.2, 0.25) is 0 Å². The molecule has 0 aliphatic rings. The molecule has 0 saturated heterocycles. The summed E-state index contributed by atoms with van der Waals surface area (Å²) in [5, 5.41) is 1.32. The second-order valence-corrected chi connectivity index (χ2v) is 8.47. The molecule has 4 aromatic rings. The van der Waals surface area contributed by atoms with E-state index in [1.165, 1.54) is 18.2 Å². The third-order valence-corrected chi connectivity index (χ3v) is 6.01. The van der Waals surface area contributed by atoms with Crippen LogP contribution in [0, 0.1) is 11.6 Å². The number of fused-ring (bicyclic) bond motifs is 1. The molecule has 2 nitrogen and oxygen atoms in total. The Hall–Kier alpha value is -3.80. The van der Waals surface area contributed by atoms with Gasteiger partial charge in [0.05, 0.1) is 0 Å². The normalized spacial score (nSPS) is 11.1. The summed E-state index contributed by atoms with van der Waals surface area (Å²) in [4.78, 5) is 0. The quantitative estimate of drug-likeness (QED) is 0.156. The summed E-state index contributed by atoms with van der Waals surface area (Å²) in [6, 6.07) is 20.4. The lowest BCUT2D eigenvalue weighted by atomic mass is 9.97. The number of hydrogen-bond acceptors (Lipinski definition) is 2. The van der Waals surface area contributed by atoms with Crippen molar-refractivity contribution in [3.8, 4) is 11.5 Å². The zero-order valence-corrected chi connectivity index (χ0v) is 19.7. The maximum absolute atomic E-state index is 15.2. The molecular formula is C30H26F4O2. The third-order valence-electron chi connectivity index (χ3n) is 6.01. The Morgan fingerprint density at radius 1 is 0.722 bits per heavy atom. The lowest BCUT2D eigenvalue weighted by molar-refractivity contribution is -0.0498. The molecule has 4 aromatic carbocycles. The van der Waals surface area contributed by atoms with E-state index in [-0.39, 0.29) is 17.4 Å². The Morgan fingerprint density at radius 2 is 1.39 bits per heavy atom. The van der Waals surface area contributed by atoms with Crippen molar-refractivity contribution in [2.24, 2.45) is 0 Å². The summed E-state index contributed by atoms with van der Waals surface area (Å²) in [7, 11) is 0. The topological polar surface area (TPSA) is 18.5 Å². The second-order valence-electron chi connectivity index (χ2n) is 8.47. The number of alkyl halides is 2. The lowest BCUT2D eigenvalue weighted by Gasteiger charge is -2.10. The first-order chi connectivity index (χ1) is 17.4. The summed E-state index contributed by atoms with van der Waals surface area (Å²) < 4.78 is 63.9. The monoisotopic (exact) mass is 494 g/mol. The highest BCUT2D eigenvalue weighted by Crippen LogP contribution is 2.25. The summed E-state index contributed by atoms with van der Waals surface area (Å²) >= 11 is 0. The Labute approximate surface area is 207 Å². The van der Waals surface area contributed by atoms with Crippen molar-refractivity contribution in [2.75, 3.05) is 6.61 Å². The van der Waals surface area contributed by atoms with Crippen LogP contribution in [-0.4, -0.2) is 13.2 Å². The van der Waals surface area contributed by atoms with Crippen LogP contribution < -0.4 is 9.47 Å². The average molecular weight is 495 g/mol. The molecule has 0 heterocycles. The van der Waals surface area contributed by atoms with E-state index in [9.17, 15) is 13.2 Å². The predicted octanol–water partition coefficient (Wildman–Crippen LogP) is 7.85. The number of benzene rings is 4. The molecule has 0 aromatic heterocycles. The van der Waals surface area contributed by atoms with Crippen molar-refractivity contribution in [3.63, 3.8) is 0 Å². The molecule has 0 bridgehead atoms. The van der Waals surface area contributed by atoms with Crippen LogP contribution in [0.15, 0.2) is 85.5 Å². The van der Waals surface area contributed by atoms with Crippen LogP contribution in [0.1, 0.15) is 22.3 Å². The fourth-order valence-electron chi connectivity index (χ4n) is 4.11. The molecule has 0 atom stereocenters. The van der Waals surface area contributed by atoms with Gasteiger partial charge in [-0.3, -0.25) is 0 Å². The summed E-state index contributed by atoms with van der Waals surface area (Å²) in [6.07, 6.45) is 3.78. The maximum Gasteiger partial charge on any atom is 0.387 e. The van der Waals surface area contributed by atoms with Gasteiger partial charge in [-0.25, -0.2) is 8.78 Å². The number of rotatable bonds is 11. The number of halogens is 4. The van der Waals surface area contributed by atoms with Gasteiger partial charge in [0.1, 0.15) is 29.7 Å². The zero-order valence-electron chi connectivity index (χ0n) is 19.7. The number of ether oxygens (including phenoxy) is 2. The molecule has 0 radical (unpaired) electrons. The van der Waals surface area contributed by atoms with E-state index in [0.717, 1.165) is 16.5 Å². The van der Waals surface area contributed by atoms with E-state index in [1.54, 1.807) is 42.5 Å². The molecule has 36 heavy (non-hydrogen) atoms. The molecular weight excluding hydrogens is 468 g/mol. The molecule has 186 valence electrons. The lowest BCUT2D eigenvalue weighted by Crippen LogP contribution is -2.02. The van der Waals surface area contributed by atoms with Gasteiger partial charge in [0.25, 0.3) is 0 Å². The first-order valence-electron chi connectivity index (χ1n) is 11.7. The molecule has 0 fully saturated rings. The smallest absolute Gasteiger partial charge is 0.387 e. The van der Waals surface area contributed by atoms with E-state index >= 15 is 4.39 Å². The highest BCUT2D eigenvalue weighted by atomic mass is 19.3. The van der Waals surface area contributed by atoms with Gasteiger partial charge >= 0.3 is 6.61 Å². The highest BCUT2D eigenvalue weighted by molar-refractivity contribution is 5.84. The standard InChI is InChI=1S/C30H26F4O2/c1-2-17-35-26-15-12-22(28(31)19-26)8-4-21-7-16-27-24(18-21)11-10-23(29(27)32)9-3-20-5-13-25(14-6-20)36-30(33)34/h2,5-7,10-16,18-19,30H,1,3-4,8-9,17H2. The van der Waals surface area contributed by atoms with Gasteiger partial charge in [0.2, 0.25) is 0 Å². The molecule has 0 aliphatic heterocycles. The van der Waals surface area contributed by atoms with E-state index in [1.807, 2.05) is 18.2 Å². The van der Waals surface area contributed by atoms with Gasteiger partial charge in [0.15, 0.2) is 0 Å². The minimum atomic E-state index is -2.86. The number of hydrogen-bond donors (Lipinski definition) is 0. The average Bonchev–Trinajstić information content (AvgIpc) is 2.87. The Morgan fingerprint density at radius 3 is 2.11 bits per heavy atom. The minimum absolute atomic E-state index is 0.0960. The van der Waals surface area contributed by atoms with Crippen molar-refractivity contribution in [2.45, 2.75) is 32.3 Å². The Balaban J connectivity index is 1.39. The Kier molecular flexibility index (Phi) is 8.26. The van der Waals surface area contributed by atoms with Crippen molar-refractivity contribution in [1.82, 2.24) is 0 Å². The second kappa shape index (κ2) is 11.8. The molecule has 0 amide bonds. The summed E-state index contributed by atoms with van der Waals surface area (Å²) in [5.41, 5.74) is 3.08. The SMILES string of the molecule is C=CCOc1ccc(CCc2ccc3c(F)c(CCc4ccc(OC(F)F)cc4)ccc3c2)c(F)c1. The Bertz CT molecular complexity index is 1330. The molecule has 0 unspecified atom stereocenters. The molecule has 4 rings (SSSR count). The van der Waals surface area contributed by atoms with Crippen LogP contribution in [0.3, 0.4) is 0 Å². The predicted molar refractivity (Wildman–Crippen MR) is 134 cm³/mol. The van der Waals surface area contributed by atoms with Crippen LogP contribution in [0.25, 0.3) is 10.8 Å². The van der Waals surface area contributed by atoms with Crippen LogP contribution in [0.5, 0.6) is 11.5 Å². The van der Waals surface area contributed by atoms with E-state index < -0.39 is 6.61 Å². The number of aryl methyl sites for hydroxylation is 4. The molecule has 0 spiro atoms. The minimum Gasteiger partial charge on any atom is -0.489 e. The highest BCUT2D eigenvalue weighted by Gasteiger charge is 2.10. The largest absolute Gasteiger partial charge is 0.489 e. The van der Waals surface area contributed by atoms with Gasteiger partial charge in [-0.1, -0.05) is 61.2 Å².